The van der Waals surface area contributed by atoms with E-state index in [2.05, 4.69) is 66.7 Å². The standard InChI is InChI=1S/C34H43N5.C2H2/c1-9-13-15-25(6)38-31(11-3)22-28(10-2)24(5)20-30(32(35)12-4)21-26(7)39-33-17-19-37-34(27(33)8)29-16-14-18-36-23-29;1-2/h10-12,14,16-20,22-23,38H,3,5-7,9,13,15,21,35H2,1-2,4,8H3,(H,37,39);1-2H/b28-10+,30-20-,31-22+,32-12+;. The number of rotatable bonds is 15. The minimum atomic E-state index is 0.528. The number of unbranched alkanes of at least 4 members (excludes halogenated alkanes) is 1. The molecule has 0 aliphatic carbocycles. The smallest absolute Gasteiger partial charge is 0.0767 e. The molecule has 0 atom stereocenters. The van der Waals surface area contributed by atoms with Gasteiger partial charge in [-0.2, -0.15) is 0 Å². The molecule has 5 heteroatoms. The van der Waals surface area contributed by atoms with E-state index in [-0.39, 0.29) is 0 Å². The molecule has 4 N–H and O–H groups in total. The number of nitrogens with one attached hydrogen (secondary N) is 2. The third kappa shape index (κ3) is 11.1. The SMILES string of the molecule is C#C.C=C/C(=C\C(=C/C)C(=C)/C=C(CC(=C)Nc1ccnc(-c2cccnc2)c1C)\C(N)=C/C)NC(=C)CCCC. The number of hydrogen-bond donors (Lipinski definition) is 3. The van der Waals surface area contributed by atoms with Gasteiger partial charge in [-0.05, 0) is 92.3 Å². The summed E-state index contributed by atoms with van der Waals surface area (Å²) in [5, 5.41) is 6.82. The fourth-order valence-electron chi connectivity index (χ4n) is 3.98. The summed E-state index contributed by atoms with van der Waals surface area (Å²) in [6, 6.07) is 5.86. The lowest BCUT2D eigenvalue weighted by Crippen LogP contribution is -2.11. The van der Waals surface area contributed by atoms with E-state index in [0.717, 1.165) is 75.6 Å². The van der Waals surface area contributed by atoms with Crippen LogP contribution in [-0.4, -0.2) is 9.97 Å². The molecular formula is C36H45N5. The molecule has 0 aliphatic heterocycles. The van der Waals surface area contributed by atoms with Crippen LogP contribution in [0.3, 0.4) is 0 Å². The summed E-state index contributed by atoms with van der Waals surface area (Å²) in [5.74, 6) is 0. The molecule has 2 heterocycles. The molecule has 0 aromatic carbocycles. The molecule has 5 nitrogen and oxygen atoms in total. The predicted octanol–water partition coefficient (Wildman–Crippen LogP) is 8.67. The summed E-state index contributed by atoms with van der Waals surface area (Å²) in [5.41, 5.74) is 16.3. The largest absolute Gasteiger partial charge is 0.399 e. The molecule has 0 bridgehead atoms. The monoisotopic (exact) mass is 547 g/mol. The van der Waals surface area contributed by atoms with E-state index < -0.39 is 0 Å². The third-order valence-corrected chi connectivity index (χ3v) is 6.25. The van der Waals surface area contributed by atoms with Crippen molar-refractivity contribution in [3.05, 3.63) is 139 Å². The average Bonchev–Trinajstić information content (AvgIpc) is 2.99. The number of nitrogens with zero attached hydrogens (tertiary/aromatic N) is 2. The van der Waals surface area contributed by atoms with Gasteiger partial charge in [-0.25, -0.2) is 0 Å². The summed E-state index contributed by atoms with van der Waals surface area (Å²) in [6.45, 7) is 24.8. The number of hydrogen-bond acceptors (Lipinski definition) is 5. The fraction of sp³-hybridized carbons (Fsp3) is 0.222. The number of nitrogens with two attached hydrogens (primary N) is 1. The van der Waals surface area contributed by atoms with E-state index in [1.54, 1.807) is 18.5 Å². The highest BCUT2D eigenvalue weighted by atomic mass is 14.9. The quantitative estimate of drug-likeness (QED) is 0.154. The minimum Gasteiger partial charge on any atom is -0.399 e. The summed E-state index contributed by atoms with van der Waals surface area (Å²) >= 11 is 0. The zero-order valence-corrected chi connectivity index (χ0v) is 25.1. The van der Waals surface area contributed by atoms with Crippen molar-refractivity contribution in [1.29, 1.82) is 0 Å². The third-order valence-electron chi connectivity index (χ3n) is 6.25. The highest BCUT2D eigenvalue weighted by Gasteiger charge is 2.11. The first-order valence-corrected chi connectivity index (χ1v) is 13.6. The Morgan fingerprint density at radius 3 is 2.37 bits per heavy atom. The van der Waals surface area contributed by atoms with Crippen molar-refractivity contribution >= 4 is 5.69 Å². The lowest BCUT2D eigenvalue weighted by molar-refractivity contribution is 0.751. The van der Waals surface area contributed by atoms with E-state index in [4.69, 9.17) is 5.73 Å². The Morgan fingerprint density at radius 1 is 1.05 bits per heavy atom. The molecule has 0 amide bonds. The lowest BCUT2D eigenvalue weighted by atomic mass is 9.98. The molecule has 0 unspecified atom stereocenters. The molecule has 2 aromatic heterocycles. The van der Waals surface area contributed by atoms with Crippen molar-refractivity contribution in [1.82, 2.24) is 15.3 Å². The Hall–Kier alpha value is -4.82. The topological polar surface area (TPSA) is 75.9 Å². The molecule has 2 rings (SSSR count). The van der Waals surface area contributed by atoms with Crippen LogP contribution in [0.15, 0.2) is 133 Å². The van der Waals surface area contributed by atoms with Crippen LogP contribution in [0, 0.1) is 19.8 Å². The zero-order chi connectivity index (χ0) is 30.8. The normalized spacial score (nSPS) is 12.0. The van der Waals surface area contributed by atoms with Gasteiger partial charge in [0, 0.05) is 59.1 Å². The van der Waals surface area contributed by atoms with Crippen molar-refractivity contribution in [3.63, 3.8) is 0 Å². The molecule has 0 saturated carbocycles. The van der Waals surface area contributed by atoms with Gasteiger partial charge < -0.3 is 16.4 Å². The zero-order valence-electron chi connectivity index (χ0n) is 25.1. The van der Waals surface area contributed by atoms with E-state index >= 15 is 0 Å². The Kier molecular flexibility index (Phi) is 15.4. The van der Waals surface area contributed by atoms with Gasteiger partial charge in [0.15, 0.2) is 0 Å². The van der Waals surface area contributed by atoms with Crippen LogP contribution in [0.25, 0.3) is 11.3 Å². The van der Waals surface area contributed by atoms with Crippen LogP contribution < -0.4 is 16.4 Å². The molecule has 0 fully saturated rings. The van der Waals surface area contributed by atoms with Gasteiger partial charge in [-0.15, -0.1) is 12.8 Å². The van der Waals surface area contributed by atoms with Gasteiger partial charge in [0.05, 0.1) is 5.69 Å². The van der Waals surface area contributed by atoms with Gasteiger partial charge in [-0.3, -0.25) is 9.97 Å². The number of terminal acetylenes is 1. The number of allylic oxidation sites excluding steroid dienone is 10. The first-order chi connectivity index (χ1) is 19.7. The molecule has 0 spiro atoms. The van der Waals surface area contributed by atoms with E-state index in [9.17, 15) is 0 Å². The van der Waals surface area contributed by atoms with Crippen LogP contribution in [0.2, 0.25) is 0 Å². The molecule has 0 saturated heterocycles. The number of aromatic nitrogens is 2. The maximum Gasteiger partial charge on any atom is 0.0767 e. The molecular weight excluding hydrogens is 502 g/mol. The van der Waals surface area contributed by atoms with Crippen LogP contribution in [0.4, 0.5) is 5.69 Å². The maximum absolute atomic E-state index is 6.41. The van der Waals surface area contributed by atoms with Crippen LogP contribution in [0.5, 0.6) is 0 Å². The number of anilines is 1. The van der Waals surface area contributed by atoms with Crippen LogP contribution in [-0.2, 0) is 0 Å². The number of pyridine rings is 2. The first-order valence-electron chi connectivity index (χ1n) is 13.6. The van der Waals surface area contributed by atoms with Crippen molar-refractivity contribution < 1.29 is 0 Å². The van der Waals surface area contributed by atoms with E-state index in [1.807, 2.05) is 69.5 Å². The minimum absolute atomic E-state index is 0.528. The van der Waals surface area contributed by atoms with Crippen LogP contribution >= 0.6 is 0 Å². The molecule has 2 aromatic rings. The lowest BCUT2D eigenvalue weighted by Gasteiger charge is -2.17. The van der Waals surface area contributed by atoms with Gasteiger partial charge in [0.2, 0.25) is 0 Å². The molecule has 214 valence electrons. The van der Waals surface area contributed by atoms with Crippen LogP contribution in [0.1, 0.15) is 52.0 Å². The Balaban J connectivity index is 0.00000411. The van der Waals surface area contributed by atoms with Crippen molar-refractivity contribution in [3.8, 4) is 24.1 Å². The second-order valence-electron chi connectivity index (χ2n) is 9.30. The van der Waals surface area contributed by atoms with E-state index in [0.29, 0.717) is 12.1 Å². The second-order valence-corrected chi connectivity index (χ2v) is 9.30. The van der Waals surface area contributed by atoms with Gasteiger partial charge in [0.1, 0.15) is 0 Å². The van der Waals surface area contributed by atoms with Crippen molar-refractivity contribution in [2.24, 2.45) is 5.73 Å². The average molecular weight is 548 g/mol. The Labute approximate surface area is 247 Å². The van der Waals surface area contributed by atoms with Crippen molar-refractivity contribution in [2.75, 3.05) is 5.32 Å². The summed E-state index contributed by atoms with van der Waals surface area (Å²) in [6.07, 6.45) is 26.8. The fourth-order valence-corrected chi connectivity index (χ4v) is 3.98. The summed E-state index contributed by atoms with van der Waals surface area (Å²) in [4.78, 5) is 8.78. The molecule has 0 aliphatic rings. The molecule has 41 heavy (non-hydrogen) atoms. The van der Waals surface area contributed by atoms with Gasteiger partial charge in [0.25, 0.3) is 0 Å². The highest BCUT2D eigenvalue weighted by Crippen LogP contribution is 2.28. The predicted molar refractivity (Wildman–Crippen MR) is 178 cm³/mol. The molecule has 0 radical (unpaired) electrons. The van der Waals surface area contributed by atoms with Crippen molar-refractivity contribution in [2.45, 2.75) is 53.4 Å². The summed E-state index contributed by atoms with van der Waals surface area (Å²) in [7, 11) is 0. The van der Waals surface area contributed by atoms with Gasteiger partial charge in [-0.1, -0.05) is 51.8 Å². The summed E-state index contributed by atoms with van der Waals surface area (Å²) < 4.78 is 0. The second kappa shape index (κ2) is 18.5. The Bertz CT molecular complexity index is 1350. The first kappa shape index (κ1) is 34.2. The highest BCUT2D eigenvalue weighted by molar-refractivity contribution is 5.70. The maximum atomic E-state index is 6.41. The van der Waals surface area contributed by atoms with Gasteiger partial charge >= 0.3 is 0 Å². The van der Waals surface area contributed by atoms with E-state index in [1.165, 1.54) is 0 Å². The Morgan fingerprint density at radius 2 is 1.78 bits per heavy atom.